The summed E-state index contributed by atoms with van der Waals surface area (Å²) in [6, 6.07) is 19.1. The van der Waals surface area contributed by atoms with E-state index in [0.29, 0.717) is 26.3 Å². The van der Waals surface area contributed by atoms with Crippen LogP contribution in [-0.2, 0) is 30.9 Å². The van der Waals surface area contributed by atoms with Gasteiger partial charge in [-0.2, -0.15) is 0 Å². The van der Waals surface area contributed by atoms with Crippen LogP contribution in [0.4, 0.5) is 10.1 Å². The first kappa shape index (κ1) is 30.9. The van der Waals surface area contributed by atoms with E-state index in [-0.39, 0.29) is 35.4 Å². The second-order valence-electron chi connectivity index (χ2n) is 9.80. The molecule has 1 saturated heterocycles. The van der Waals surface area contributed by atoms with Crippen LogP contribution in [0.15, 0.2) is 83.8 Å². The third-order valence-corrected chi connectivity index (χ3v) is 8.18. The van der Waals surface area contributed by atoms with E-state index < -0.39 is 27.8 Å². The van der Waals surface area contributed by atoms with Gasteiger partial charge in [-0.15, -0.1) is 0 Å². The molecule has 10 nitrogen and oxygen atoms in total. The predicted octanol–water partition coefficient (Wildman–Crippen LogP) is 2.87. The summed E-state index contributed by atoms with van der Waals surface area (Å²) in [5.74, 6) is -0.860. The van der Waals surface area contributed by atoms with Crippen LogP contribution in [0, 0.1) is 5.82 Å². The van der Waals surface area contributed by atoms with Gasteiger partial charge in [0.25, 0.3) is 15.9 Å². The molecule has 4 rings (SSSR count). The second kappa shape index (κ2) is 14.8. The molecule has 0 aromatic heterocycles. The number of nitrogens with one attached hydrogen (secondary N) is 2. The summed E-state index contributed by atoms with van der Waals surface area (Å²) in [5, 5.41) is 2.93. The molecule has 1 heterocycles. The molecule has 0 radical (unpaired) electrons. The fraction of sp³-hybridized carbons (Fsp3) is 0.333. The molecule has 42 heavy (non-hydrogen) atoms. The van der Waals surface area contributed by atoms with E-state index >= 15 is 0 Å². The number of anilines is 1. The van der Waals surface area contributed by atoms with Crippen molar-refractivity contribution < 1.29 is 31.9 Å². The fourth-order valence-electron chi connectivity index (χ4n) is 4.35. The average Bonchev–Trinajstić information content (AvgIpc) is 3.00. The van der Waals surface area contributed by atoms with Gasteiger partial charge in [0.2, 0.25) is 5.91 Å². The van der Waals surface area contributed by atoms with E-state index in [2.05, 4.69) is 14.9 Å². The van der Waals surface area contributed by atoms with E-state index in [9.17, 15) is 22.4 Å². The van der Waals surface area contributed by atoms with Crippen LogP contribution >= 0.6 is 0 Å². The van der Waals surface area contributed by atoms with Gasteiger partial charge in [-0.25, -0.2) is 12.8 Å². The van der Waals surface area contributed by atoms with E-state index in [0.717, 1.165) is 30.8 Å². The number of carbonyl (C=O) groups excluding carboxylic acids is 2. The Morgan fingerprint density at radius 2 is 1.67 bits per heavy atom. The number of morpholine rings is 1. The van der Waals surface area contributed by atoms with Crippen LogP contribution in [0.2, 0.25) is 0 Å². The number of carbonyl (C=O) groups is 2. The summed E-state index contributed by atoms with van der Waals surface area (Å²) >= 11 is 0. The topological polar surface area (TPSA) is 117 Å². The number of nitrogens with zero attached hydrogens (tertiary/aromatic N) is 2. The van der Waals surface area contributed by atoms with E-state index in [1.165, 1.54) is 41.3 Å². The largest absolute Gasteiger partial charge is 0.484 e. The molecule has 1 aliphatic heterocycles. The van der Waals surface area contributed by atoms with Crippen molar-refractivity contribution in [2.75, 3.05) is 50.7 Å². The van der Waals surface area contributed by atoms with Crippen LogP contribution in [0.5, 0.6) is 5.75 Å². The lowest BCUT2D eigenvalue weighted by atomic mass is 10.1. The highest BCUT2D eigenvalue weighted by Crippen LogP contribution is 2.20. The van der Waals surface area contributed by atoms with Crippen LogP contribution in [0.25, 0.3) is 0 Å². The predicted molar refractivity (Wildman–Crippen MR) is 156 cm³/mol. The molecule has 2 N–H and O–H groups in total. The van der Waals surface area contributed by atoms with Crippen molar-refractivity contribution >= 4 is 27.5 Å². The lowest BCUT2D eigenvalue weighted by molar-refractivity contribution is -0.142. The molecule has 3 aromatic rings. The lowest BCUT2D eigenvalue weighted by Gasteiger charge is -2.30. The Kier molecular flexibility index (Phi) is 10.9. The van der Waals surface area contributed by atoms with Crippen molar-refractivity contribution in [2.45, 2.75) is 24.4 Å². The quantitative estimate of drug-likeness (QED) is 0.311. The Morgan fingerprint density at radius 3 is 2.33 bits per heavy atom. The molecule has 12 heteroatoms. The number of amides is 2. The van der Waals surface area contributed by atoms with Gasteiger partial charge in [0.05, 0.1) is 18.1 Å². The molecule has 0 aliphatic carbocycles. The van der Waals surface area contributed by atoms with Crippen molar-refractivity contribution in [3.05, 3.63) is 90.2 Å². The first-order valence-electron chi connectivity index (χ1n) is 13.6. The Labute approximate surface area is 245 Å². The van der Waals surface area contributed by atoms with Gasteiger partial charge in [0.1, 0.15) is 17.6 Å². The summed E-state index contributed by atoms with van der Waals surface area (Å²) in [6.07, 6.45) is 0. The smallest absolute Gasteiger partial charge is 0.261 e. The number of hydrogen-bond donors (Lipinski definition) is 2. The minimum absolute atomic E-state index is 0.0291. The van der Waals surface area contributed by atoms with Crippen molar-refractivity contribution in [3.63, 3.8) is 0 Å². The van der Waals surface area contributed by atoms with Gasteiger partial charge in [-0.3, -0.25) is 19.2 Å². The Bertz CT molecular complexity index is 1420. The first-order chi connectivity index (χ1) is 20.2. The van der Waals surface area contributed by atoms with Gasteiger partial charge in [-0.1, -0.05) is 30.3 Å². The van der Waals surface area contributed by atoms with Gasteiger partial charge >= 0.3 is 0 Å². The molecular weight excluding hydrogens is 563 g/mol. The highest BCUT2D eigenvalue weighted by molar-refractivity contribution is 7.92. The number of ether oxygens (including phenoxy) is 2. The summed E-state index contributed by atoms with van der Waals surface area (Å²) in [5.41, 5.74) is 1.09. The summed E-state index contributed by atoms with van der Waals surface area (Å²) in [7, 11) is -3.91. The minimum Gasteiger partial charge on any atom is -0.484 e. The van der Waals surface area contributed by atoms with Crippen LogP contribution in [0.3, 0.4) is 0 Å². The maximum Gasteiger partial charge on any atom is 0.261 e. The van der Waals surface area contributed by atoms with E-state index in [1.807, 2.05) is 30.3 Å². The highest BCUT2D eigenvalue weighted by atomic mass is 32.2. The van der Waals surface area contributed by atoms with Crippen molar-refractivity contribution in [2.24, 2.45) is 0 Å². The average molecular weight is 599 g/mol. The van der Waals surface area contributed by atoms with Gasteiger partial charge in [0.15, 0.2) is 6.61 Å². The monoisotopic (exact) mass is 598 g/mol. The SMILES string of the molecule is C[C@H](C(=O)NCCN1CCOCC1)N(Cc1ccccc1)C(=O)COc1ccc(S(=O)(=O)Nc2ccc(F)cc2)cc1. The molecule has 3 aromatic carbocycles. The van der Waals surface area contributed by atoms with Gasteiger partial charge in [0, 0.05) is 38.4 Å². The van der Waals surface area contributed by atoms with Crippen molar-refractivity contribution in [1.82, 2.24) is 15.1 Å². The van der Waals surface area contributed by atoms with Crippen LogP contribution < -0.4 is 14.8 Å². The molecule has 0 bridgehead atoms. The lowest BCUT2D eigenvalue weighted by Crippen LogP contribution is -2.50. The molecule has 0 saturated carbocycles. The molecule has 0 spiro atoms. The zero-order valence-corrected chi connectivity index (χ0v) is 24.2. The zero-order chi connectivity index (χ0) is 30.0. The maximum atomic E-state index is 13.3. The first-order valence-corrected chi connectivity index (χ1v) is 15.1. The molecule has 1 aliphatic rings. The number of benzene rings is 3. The Morgan fingerprint density at radius 1 is 1.00 bits per heavy atom. The van der Waals surface area contributed by atoms with E-state index in [4.69, 9.17) is 9.47 Å². The second-order valence-corrected chi connectivity index (χ2v) is 11.5. The zero-order valence-electron chi connectivity index (χ0n) is 23.4. The number of halogens is 1. The van der Waals surface area contributed by atoms with Crippen LogP contribution in [-0.4, -0.2) is 82.1 Å². The Hall–Kier alpha value is -4.00. The van der Waals surface area contributed by atoms with Crippen molar-refractivity contribution in [3.8, 4) is 5.75 Å². The van der Waals surface area contributed by atoms with Gasteiger partial charge in [-0.05, 0) is 61.0 Å². The van der Waals surface area contributed by atoms with Gasteiger partial charge < -0.3 is 19.7 Å². The fourth-order valence-corrected chi connectivity index (χ4v) is 5.41. The summed E-state index contributed by atoms with van der Waals surface area (Å²) in [6.45, 7) is 5.69. The minimum atomic E-state index is -3.91. The standard InChI is InChI=1S/C30H35FN4O6S/c1-23(30(37)32-15-16-34-17-19-40-20-18-34)35(21-24-5-3-2-4-6-24)29(36)22-41-27-11-13-28(14-12-27)42(38,39)33-26-9-7-25(31)8-10-26/h2-14,23,33H,15-22H2,1H3,(H,32,37)/t23-/m1/s1. The Balaban J connectivity index is 1.36. The highest BCUT2D eigenvalue weighted by Gasteiger charge is 2.27. The summed E-state index contributed by atoms with van der Waals surface area (Å²) < 4.78 is 51.9. The normalized spacial score (nSPS) is 14.5. The van der Waals surface area contributed by atoms with Crippen LogP contribution in [0.1, 0.15) is 12.5 Å². The third kappa shape index (κ3) is 9.00. The number of sulfonamides is 1. The molecule has 224 valence electrons. The third-order valence-electron chi connectivity index (χ3n) is 6.79. The molecule has 2 amide bonds. The number of rotatable bonds is 13. The number of hydrogen-bond acceptors (Lipinski definition) is 7. The molecule has 1 fully saturated rings. The molecule has 0 unspecified atom stereocenters. The summed E-state index contributed by atoms with van der Waals surface area (Å²) in [4.78, 5) is 30.0. The molecule has 1 atom stereocenters. The van der Waals surface area contributed by atoms with Crippen molar-refractivity contribution in [1.29, 1.82) is 0 Å². The van der Waals surface area contributed by atoms with E-state index in [1.54, 1.807) is 6.92 Å². The maximum absolute atomic E-state index is 13.3. The molecular formula is C30H35FN4O6S.